The molecule has 0 aliphatic heterocycles. The van der Waals surface area contributed by atoms with E-state index < -0.39 is 11.0 Å². The van der Waals surface area contributed by atoms with Crippen molar-refractivity contribution >= 4 is 17.6 Å². The Balaban J connectivity index is 4.30. The number of hydrogen-bond donors (Lipinski definition) is 1. The predicted molar refractivity (Wildman–Crippen MR) is 60.4 cm³/mol. The van der Waals surface area contributed by atoms with Crippen LogP contribution in [0.25, 0.3) is 0 Å². The maximum Gasteiger partial charge on any atom is 0.303 e. The van der Waals surface area contributed by atoms with E-state index in [1.165, 1.54) is 0 Å². The minimum absolute atomic E-state index is 0.00553. The molecule has 15 heavy (non-hydrogen) atoms. The maximum atomic E-state index is 10.4. The number of alkyl halides is 1. The number of hydrogen-bond acceptors (Lipinski definition) is 3. The largest absolute Gasteiger partial charge is 0.481 e. The van der Waals surface area contributed by atoms with Crippen LogP contribution in [0.1, 0.15) is 47.0 Å². The summed E-state index contributed by atoms with van der Waals surface area (Å²) in [5.41, 5.74) is -0.237. The summed E-state index contributed by atoms with van der Waals surface area (Å²) in [6.45, 7) is 7.61. The van der Waals surface area contributed by atoms with Crippen LogP contribution < -0.4 is 0 Å². The van der Waals surface area contributed by atoms with Crippen molar-refractivity contribution in [3.05, 3.63) is 0 Å². The van der Waals surface area contributed by atoms with E-state index in [9.17, 15) is 4.79 Å². The van der Waals surface area contributed by atoms with Crippen LogP contribution in [0.4, 0.5) is 0 Å². The quantitative estimate of drug-likeness (QED) is 0.435. The van der Waals surface area contributed by atoms with E-state index in [1.807, 2.05) is 20.8 Å². The monoisotopic (exact) mass is 234 g/mol. The Hall–Kier alpha value is -0.640. The van der Waals surface area contributed by atoms with Crippen LogP contribution in [-0.4, -0.2) is 21.6 Å². The summed E-state index contributed by atoms with van der Waals surface area (Å²) in [5, 5.41) is 16.6. The van der Waals surface area contributed by atoms with Gasteiger partial charge in [0.25, 0.3) is 0 Å². The van der Waals surface area contributed by atoms with Crippen molar-refractivity contribution in [2.45, 2.75) is 57.5 Å². The number of halogens is 1. The second-order valence-corrected chi connectivity index (χ2v) is 5.22. The van der Waals surface area contributed by atoms with Crippen LogP contribution in [0.5, 0.6) is 0 Å². The third-order valence-corrected chi connectivity index (χ3v) is 2.45. The van der Waals surface area contributed by atoms with Gasteiger partial charge in [-0.15, -0.1) is 0 Å². The SMILES string of the molecule is CCC(C)(C)N=NC(C)(Cl)CCC(=O)O. The summed E-state index contributed by atoms with van der Waals surface area (Å²) in [6.07, 6.45) is 1.15. The number of carboxylic acids is 1. The lowest BCUT2D eigenvalue weighted by Crippen LogP contribution is -2.19. The Bertz CT molecular complexity index is 250. The molecule has 0 heterocycles. The lowest BCUT2D eigenvalue weighted by Gasteiger charge is -2.19. The van der Waals surface area contributed by atoms with E-state index in [1.54, 1.807) is 6.92 Å². The van der Waals surface area contributed by atoms with Crippen molar-refractivity contribution in [2.24, 2.45) is 10.2 Å². The molecular formula is C10H19ClN2O2. The second kappa shape index (κ2) is 5.45. The molecule has 0 saturated heterocycles. The Morgan fingerprint density at radius 1 is 1.33 bits per heavy atom. The van der Waals surface area contributed by atoms with Gasteiger partial charge >= 0.3 is 5.97 Å². The molecule has 5 heteroatoms. The number of azo groups is 1. The Morgan fingerprint density at radius 2 is 1.87 bits per heavy atom. The molecule has 88 valence electrons. The number of aliphatic carboxylic acids is 1. The van der Waals surface area contributed by atoms with Gasteiger partial charge in [-0.1, -0.05) is 18.5 Å². The zero-order valence-electron chi connectivity index (χ0n) is 9.75. The number of carbonyl (C=O) groups is 1. The molecule has 1 unspecified atom stereocenters. The van der Waals surface area contributed by atoms with E-state index >= 15 is 0 Å². The van der Waals surface area contributed by atoms with Crippen LogP contribution >= 0.6 is 11.6 Å². The smallest absolute Gasteiger partial charge is 0.303 e. The molecule has 0 amide bonds. The average molecular weight is 235 g/mol. The molecule has 0 aromatic rings. The summed E-state index contributed by atoms with van der Waals surface area (Å²) in [5.74, 6) is -0.869. The third kappa shape index (κ3) is 7.31. The van der Waals surface area contributed by atoms with Crippen LogP contribution in [0, 0.1) is 0 Å². The first kappa shape index (κ1) is 14.4. The highest BCUT2D eigenvalue weighted by Gasteiger charge is 2.23. The van der Waals surface area contributed by atoms with Crippen LogP contribution in [0.2, 0.25) is 0 Å². The van der Waals surface area contributed by atoms with Crippen molar-refractivity contribution in [1.82, 2.24) is 0 Å². The zero-order chi connectivity index (χ0) is 12.1. The Labute approximate surface area is 95.7 Å². The first-order valence-electron chi connectivity index (χ1n) is 5.03. The van der Waals surface area contributed by atoms with E-state index in [-0.39, 0.29) is 18.4 Å². The van der Waals surface area contributed by atoms with Gasteiger partial charge in [0.1, 0.15) is 0 Å². The molecule has 1 atom stereocenters. The van der Waals surface area contributed by atoms with Crippen LogP contribution in [0.3, 0.4) is 0 Å². The fourth-order valence-electron chi connectivity index (χ4n) is 0.695. The number of nitrogens with zero attached hydrogens (tertiary/aromatic N) is 2. The molecule has 0 spiro atoms. The van der Waals surface area contributed by atoms with E-state index in [0.717, 1.165) is 6.42 Å². The van der Waals surface area contributed by atoms with Crippen molar-refractivity contribution in [3.8, 4) is 0 Å². The highest BCUT2D eigenvalue weighted by molar-refractivity contribution is 6.23. The lowest BCUT2D eigenvalue weighted by molar-refractivity contribution is -0.137. The molecular weight excluding hydrogens is 216 g/mol. The van der Waals surface area contributed by atoms with Crippen molar-refractivity contribution in [2.75, 3.05) is 0 Å². The fraction of sp³-hybridized carbons (Fsp3) is 0.900. The van der Waals surface area contributed by atoms with Gasteiger partial charge in [0.05, 0.1) is 5.54 Å². The van der Waals surface area contributed by atoms with Crippen molar-refractivity contribution in [1.29, 1.82) is 0 Å². The normalized spacial score (nSPS) is 16.6. The van der Waals surface area contributed by atoms with Crippen molar-refractivity contribution < 1.29 is 9.90 Å². The topological polar surface area (TPSA) is 62.0 Å². The second-order valence-electron chi connectivity index (χ2n) is 4.40. The Kier molecular flexibility index (Phi) is 5.21. The molecule has 0 fully saturated rings. The maximum absolute atomic E-state index is 10.4. The van der Waals surface area contributed by atoms with Crippen molar-refractivity contribution in [3.63, 3.8) is 0 Å². The molecule has 0 aromatic heterocycles. The van der Waals surface area contributed by atoms with Crippen LogP contribution in [-0.2, 0) is 4.79 Å². The van der Waals surface area contributed by atoms with Crippen LogP contribution in [0.15, 0.2) is 10.2 Å². The van der Waals surface area contributed by atoms with Gasteiger partial charge in [-0.2, -0.15) is 10.2 Å². The lowest BCUT2D eigenvalue weighted by atomic mass is 10.0. The first-order chi connectivity index (χ1) is 6.68. The zero-order valence-corrected chi connectivity index (χ0v) is 10.5. The average Bonchev–Trinajstić information content (AvgIpc) is 2.13. The molecule has 0 bridgehead atoms. The highest BCUT2D eigenvalue weighted by Crippen LogP contribution is 2.25. The van der Waals surface area contributed by atoms with E-state index in [4.69, 9.17) is 16.7 Å². The standard InChI is InChI=1S/C10H19ClN2O2/c1-5-9(2,3)12-13-10(4,11)7-6-8(14)15/h5-7H2,1-4H3,(H,14,15). The molecule has 0 aliphatic carbocycles. The van der Waals surface area contributed by atoms with Gasteiger partial charge in [0, 0.05) is 6.42 Å². The molecule has 1 N–H and O–H groups in total. The summed E-state index contributed by atoms with van der Waals surface area (Å²) in [4.78, 5) is 9.46. The number of carboxylic acid groups (broad SMARTS) is 1. The summed E-state index contributed by atoms with van der Waals surface area (Å²) < 4.78 is 0. The van der Waals surface area contributed by atoms with Gasteiger partial charge in [-0.05, 0) is 33.6 Å². The number of rotatable bonds is 6. The van der Waals surface area contributed by atoms with Gasteiger partial charge in [-0.25, -0.2) is 0 Å². The third-order valence-electron chi connectivity index (χ3n) is 2.19. The van der Waals surface area contributed by atoms with Gasteiger partial charge in [0.2, 0.25) is 0 Å². The predicted octanol–water partition coefficient (Wildman–Crippen LogP) is 3.45. The molecule has 0 rings (SSSR count). The van der Waals surface area contributed by atoms with Gasteiger partial charge < -0.3 is 5.11 Å². The minimum atomic E-state index is -0.912. The summed E-state index contributed by atoms with van der Waals surface area (Å²) in [6, 6.07) is 0. The molecule has 0 aliphatic rings. The van der Waals surface area contributed by atoms with Gasteiger partial charge in [0.15, 0.2) is 5.00 Å². The minimum Gasteiger partial charge on any atom is -0.481 e. The summed E-state index contributed by atoms with van der Waals surface area (Å²) >= 11 is 6.02. The summed E-state index contributed by atoms with van der Waals surface area (Å²) in [7, 11) is 0. The molecule has 4 nitrogen and oxygen atoms in total. The Morgan fingerprint density at radius 3 is 2.27 bits per heavy atom. The van der Waals surface area contributed by atoms with Gasteiger partial charge in [-0.3, -0.25) is 4.79 Å². The highest BCUT2D eigenvalue weighted by atomic mass is 35.5. The molecule has 0 radical (unpaired) electrons. The fourth-order valence-corrected chi connectivity index (χ4v) is 0.828. The van der Waals surface area contributed by atoms with E-state index in [0.29, 0.717) is 0 Å². The van der Waals surface area contributed by atoms with E-state index in [2.05, 4.69) is 10.2 Å². The molecule has 0 aromatic carbocycles. The molecule has 0 saturated carbocycles. The first-order valence-corrected chi connectivity index (χ1v) is 5.41.